The van der Waals surface area contributed by atoms with Crippen molar-refractivity contribution >= 4 is 33.9 Å². The third-order valence-electron chi connectivity index (χ3n) is 7.62. The molecule has 4 heterocycles. The van der Waals surface area contributed by atoms with E-state index in [1.807, 2.05) is 6.07 Å². The van der Waals surface area contributed by atoms with Crippen LogP contribution in [0.5, 0.6) is 0 Å². The van der Waals surface area contributed by atoms with Crippen LogP contribution in [-0.4, -0.2) is 38.2 Å². The maximum Gasteiger partial charge on any atom is 0.417 e. The number of nitriles is 1. The van der Waals surface area contributed by atoms with Gasteiger partial charge >= 0.3 is 6.18 Å². The average Bonchev–Trinajstić information content (AvgIpc) is 3.75. The van der Waals surface area contributed by atoms with Crippen LogP contribution in [0.1, 0.15) is 40.0 Å². The Hall–Kier alpha value is -5.21. The van der Waals surface area contributed by atoms with Crippen molar-refractivity contribution in [2.45, 2.75) is 25.1 Å². The molecule has 1 atom stereocenters. The van der Waals surface area contributed by atoms with E-state index in [0.29, 0.717) is 16.6 Å². The maximum atomic E-state index is 14.2. The number of imidazole rings is 1. The topological polar surface area (TPSA) is 104 Å². The van der Waals surface area contributed by atoms with Crippen molar-refractivity contribution in [3.63, 3.8) is 0 Å². The van der Waals surface area contributed by atoms with E-state index in [4.69, 9.17) is 0 Å². The molecule has 1 saturated heterocycles. The molecule has 0 saturated carbocycles. The quantitative estimate of drug-likeness (QED) is 0.193. The summed E-state index contributed by atoms with van der Waals surface area (Å²) in [6.07, 6.45) is 3.62. The van der Waals surface area contributed by atoms with Crippen LogP contribution in [0.25, 0.3) is 27.7 Å². The predicted molar refractivity (Wildman–Crippen MR) is 155 cm³/mol. The largest absolute Gasteiger partial charge is 0.417 e. The van der Waals surface area contributed by atoms with Gasteiger partial charge in [0, 0.05) is 36.5 Å². The van der Waals surface area contributed by atoms with Crippen molar-refractivity contribution in [2.24, 2.45) is 7.05 Å². The number of ketones is 1. The normalized spacial score (nSPS) is 15.4. The summed E-state index contributed by atoms with van der Waals surface area (Å²) in [6, 6.07) is 15.3. The highest BCUT2D eigenvalue weighted by Gasteiger charge is 2.35. The number of hydrogen-bond donors (Lipinski definition) is 2. The fraction of sp³-hybridized carbons (Fsp3) is 0.188. The van der Waals surface area contributed by atoms with Crippen molar-refractivity contribution in [1.29, 1.82) is 5.26 Å². The van der Waals surface area contributed by atoms with Crippen LogP contribution in [0.2, 0.25) is 0 Å². The molecular formula is C32H25F3N6O2. The van der Waals surface area contributed by atoms with Gasteiger partial charge in [0.05, 0.1) is 45.4 Å². The van der Waals surface area contributed by atoms with Gasteiger partial charge in [-0.3, -0.25) is 9.59 Å². The molecule has 1 aliphatic heterocycles. The van der Waals surface area contributed by atoms with E-state index >= 15 is 0 Å². The number of anilines is 1. The lowest BCUT2D eigenvalue weighted by atomic mass is 9.98. The number of carbonyl (C=O) groups excluding carboxylic acids is 2. The lowest BCUT2D eigenvalue weighted by molar-refractivity contribution is -0.137. The Morgan fingerprint density at radius 2 is 1.95 bits per heavy atom. The minimum atomic E-state index is -4.63. The molecule has 0 spiro atoms. The molecule has 1 fully saturated rings. The van der Waals surface area contributed by atoms with Gasteiger partial charge in [0.1, 0.15) is 6.07 Å². The minimum absolute atomic E-state index is 0.0500. The third kappa shape index (κ3) is 5.29. The summed E-state index contributed by atoms with van der Waals surface area (Å²) in [5, 5.41) is 15.7. The molecule has 3 aromatic heterocycles. The summed E-state index contributed by atoms with van der Waals surface area (Å²) >= 11 is 0. The van der Waals surface area contributed by atoms with Gasteiger partial charge in [0.2, 0.25) is 11.7 Å². The fourth-order valence-corrected chi connectivity index (χ4v) is 5.47. The molecule has 1 amide bonds. The number of fused-ring (bicyclic) bond motifs is 2. The summed E-state index contributed by atoms with van der Waals surface area (Å²) < 4.78 is 45.7. The van der Waals surface area contributed by atoms with E-state index in [0.717, 1.165) is 25.5 Å². The summed E-state index contributed by atoms with van der Waals surface area (Å²) in [4.78, 5) is 30.2. The molecule has 43 heavy (non-hydrogen) atoms. The molecule has 2 N–H and O–H groups in total. The van der Waals surface area contributed by atoms with Crippen molar-refractivity contribution in [3.8, 4) is 17.2 Å². The van der Waals surface area contributed by atoms with Crippen molar-refractivity contribution < 1.29 is 22.8 Å². The Bertz CT molecular complexity index is 1970. The van der Waals surface area contributed by atoms with Gasteiger partial charge in [0.25, 0.3) is 0 Å². The Kier molecular flexibility index (Phi) is 7.07. The van der Waals surface area contributed by atoms with Gasteiger partial charge in [-0.05, 0) is 73.5 Å². The van der Waals surface area contributed by atoms with Crippen molar-refractivity contribution in [3.05, 3.63) is 102 Å². The second-order valence-corrected chi connectivity index (χ2v) is 10.4. The highest BCUT2D eigenvalue weighted by molar-refractivity contribution is 6.10. The first-order valence-electron chi connectivity index (χ1n) is 13.6. The number of alkyl halides is 3. The first-order chi connectivity index (χ1) is 20.6. The maximum absolute atomic E-state index is 14.2. The number of aromatic nitrogens is 3. The van der Waals surface area contributed by atoms with E-state index in [2.05, 4.69) is 15.6 Å². The molecule has 5 aromatic rings. The summed E-state index contributed by atoms with van der Waals surface area (Å²) in [6.45, 7) is 0.901. The van der Waals surface area contributed by atoms with Crippen molar-refractivity contribution in [1.82, 2.24) is 19.3 Å². The first-order valence-corrected chi connectivity index (χ1v) is 13.6. The summed E-state index contributed by atoms with van der Waals surface area (Å²) in [7, 11) is 1.63. The Morgan fingerprint density at radius 3 is 2.70 bits per heavy atom. The molecular weight excluding hydrogens is 557 g/mol. The number of halogens is 3. The molecule has 2 aromatic carbocycles. The van der Waals surface area contributed by atoms with E-state index < -0.39 is 23.4 Å². The van der Waals surface area contributed by atoms with Gasteiger partial charge in [0.15, 0.2) is 0 Å². The smallest absolute Gasteiger partial charge is 0.334 e. The second kappa shape index (κ2) is 10.9. The number of hydrogen-bond acceptors (Lipinski definition) is 5. The molecule has 6 rings (SSSR count). The molecule has 0 aliphatic carbocycles. The van der Waals surface area contributed by atoms with Crippen LogP contribution in [0, 0.1) is 11.3 Å². The van der Waals surface area contributed by atoms with Crippen LogP contribution in [0.4, 0.5) is 18.9 Å². The monoisotopic (exact) mass is 582 g/mol. The van der Waals surface area contributed by atoms with Crippen LogP contribution in [0.3, 0.4) is 0 Å². The molecule has 216 valence electrons. The summed E-state index contributed by atoms with van der Waals surface area (Å²) in [5.41, 5.74) is 1.36. The van der Waals surface area contributed by atoms with Gasteiger partial charge in [-0.25, -0.2) is 4.98 Å². The van der Waals surface area contributed by atoms with Crippen LogP contribution < -0.4 is 10.6 Å². The van der Waals surface area contributed by atoms with Crippen LogP contribution in [0.15, 0.2) is 79.3 Å². The Balaban J connectivity index is 1.33. The van der Waals surface area contributed by atoms with Crippen molar-refractivity contribution in [2.75, 3.05) is 11.9 Å². The standard InChI is InChI=1S/C32H25F3N6O2/c1-40-18-38-26-15-23(24(16-29(26)40)32(33,34)35)22-5-3-13-41-27(22)9-10-28(41)31(43)19-6-8-25(20(14-19)17-36)39-30(42)11-7-21-4-2-12-37-21/h3,5-11,13-16,18,21,37H,2,4,12H2,1H3,(H,39,42)/b11-7+/t21-/m0/s1. The Morgan fingerprint density at radius 1 is 1.12 bits per heavy atom. The number of nitrogens with zero attached hydrogens (tertiary/aromatic N) is 4. The highest BCUT2D eigenvalue weighted by atomic mass is 19.4. The zero-order valence-corrected chi connectivity index (χ0v) is 22.9. The number of aryl methyl sites for hydroxylation is 1. The SMILES string of the molecule is Cn1cnc2cc(-c3cccn4c(C(=O)c5ccc(NC(=O)/C=C/[C@@H]6CCCN6)c(C#N)c5)ccc34)c(C(F)(F)F)cc21. The summed E-state index contributed by atoms with van der Waals surface area (Å²) in [5.74, 6) is -0.827. The lowest BCUT2D eigenvalue weighted by Gasteiger charge is -2.15. The molecule has 1 aliphatic rings. The number of amides is 1. The first kappa shape index (κ1) is 27.9. The van der Waals surface area contributed by atoms with Crippen LogP contribution in [-0.2, 0) is 18.0 Å². The number of pyridine rings is 1. The predicted octanol–water partition coefficient (Wildman–Crippen LogP) is 5.86. The number of carbonyl (C=O) groups is 2. The van der Waals surface area contributed by atoms with E-state index in [1.165, 1.54) is 51.7 Å². The van der Waals surface area contributed by atoms with Gasteiger partial charge in [-0.15, -0.1) is 0 Å². The van der Waals surface area contributed by atoms with E-state index in [-0.39, 0.29) is 39.7 Å². The second-order valence-electron chi connectivity index (χ2n) is 10.4. The number of nitrogens with one attached hydrogen (secondary N) is 2. The van der Waals surface area contributed by atoms with Gasteiger partial charge in [-0.2, -0.15) is 18.4 Å². The van der Waals surface area contributed by atoms with Gasteiger partial charge < -0.3 is 19.6 Å². The highest BCUT2D eigenvalue weighted by Crippen LogP contribution is 2.41. The molecule has 0 radical (unpaired) electrons. The lowest BCUT2D eigenvalue weighted by Crippen LogP contribution is -2.19. The van der Waals surface area contributed by atoms with Crippen LogP contribution >= 0.6 is 0 Å². The molecule has 8 nitrogen and oxygen atoms in total. The fourth-order valence-electron chi connectivity index (χ4n) is 5.47. The Labute approximate surface area is 244 Å². The zero-order valence-electron chi connectivity index (χ0n) is 22.9. The molecule has 0 unspecified atom stereocenters. The van der Waals surface area contributed by atoms with E-state index in [1.54, 1.807) is 37.5 Å². The third-order valence-corrected chi connectivity index (χ3v) is 7.62. The average molecular weight is 583 g/mol. The van der Waals surface area contributed by atoms with Gasteiger partial charge in [-0.1, -0.05) is 12.1 Å². The number of benzene rings is 2. The molecule has 0 bridgehead atoms. The minimum Gasteiger partial charge on any atom is -0.334 e. The molecule has 11 heteroatoms. The van der Waals surface area contributed by atoms with E-state index in [9.17, 15) is 28.0 Å². The zero-order chi connectivity index (χ0) is 30.3. The number of rotatable bonds is 6.